The van der Waals surface area contributed by atoms with Gasteiger partial charge in [0.05, 0.1) is 12.6 Å². The first-order valence-electron chi connectivity index (χ1n) is 8.06. The van der Waals surface area contributed by atoms with E-state index in [1.54, 1.807) is 0 Å². The van der Waals surface area contributed by atoms with E-state index in [1.165, 1.54) is 11.1 Å². The molecule has 1 heterocycles. The zero-order valence-electron chi connectivity index (χ0n) is 13.9. The van der Waals surface area contributed by atoms with Crippen molar-refractivity contribution in [1.82, 2.24) is 5.32 Å². The van der Waals surface area contributed by atoms with E-state index in [4.69, 9.17) is 10.5 Å². The second kappa shape index (κ2) is 8.92. The van der Waals surface area contributed by atoms with Crippen molar-refractivity contribution >= 4 is 29.9 Å². The molecule has 0 bridgehead atoms. The van der Waals surface area contributed by atoms with E-state index in [9.17, 15) is 0 Å². The SMILES string of the molecule is Cc1ccc(CCN=C(N)NC2CCOc3ccccc32)cc1.I. The van der Waals surface area contributed by atoms with Gasteiger partial charge in [-0.05, 0) is 25.0 Å². The van der Waals surface area contributed by atoms with E-state index in [0.717, 1.165) is 24.2 Å². The fourth-order valence-corrected chi connectivity index (χ4v) is 2.78. The minimum Gasteiger partial charge on any atom is -0.493 e. The number of para-hydroxylation sites is 1. The fourth-order valence-electron chi connectivity index (χ4n) is 2.78. The van der Waals surface area contributed by atoms with E-state index in [2.05, 4.69) is 47.6 Å². The number of halogens is 1. The van der Waals surface area contributed by atoms with Crippen molar-refractivity contribution in [3.05, 3.63) is 65.2 Å². The maximum Gasteiger partial charge on any atom is 0.189 e. The van der Waals surface area contributed by atoms with Gasteiger partial charge in [0, 0.05) is 18.5 Å². The summed E-state index contributed by atoms with van der Waals surface area (Å²) < 4.78 is 5.66. The summed E-state index contributed by atoms with van der Waals surface area (Å²) in [5.74, 6) is 1.43. The van der Waals surface area contributed by atoms with Crippen molar-refractivity contribution < 1.29 is 4.74 Å². The van der Waals surface area contributed by atoms with Gasteiger partial charge in [0.1, 0.15) is 5.75 Å². The summed E-state index contributed by atoms with van der Waals surface area (Å²) in [5.41, 5.74) is 9.75. The number of ether oxygens (including phenoxy) is 1. The first-order valence-corrected chi connectivity index (χ1v) is 8.06. The molecule has 0 amide bonds. The zero-order chi connectivity index (χ0) is 16.1. The number of hydrogen-bond donors (Lipinski definition) is 2. The Morgan fingerprint density at radius 1 is 1.21 bits per heavy atom. The van der Waals surface area contributed by atoms with Crippen LogP contribution in [0.2, 0.25) is 0 Å². The smallest absolute Gasteiger partial charge is 0.189 e. The predicted molar refractivity (Wildman–Crippen MR) is 109 cm³/mol. The van der Waals surface area contributed by atoms with E-state index < -0.39 is 0 Å². The molecule has 2 aromatic rings. The number of hydrogen-bond acceptors (Lipinski definition) is 2. The molecular formula is C19H24IN3O. The summed E-state index contributed by atoms with van der Waals surface area (Å²) in [7, 11) is 0. The average Bonchev–Trinajstić information content (AvgIpc) is 2.57. The van der Waals surface area contributed by atoms with Gasteiger partial charge in [-0.3, -0.25) is 4.99 Å². The molecule has 0 fully saturated rings. The van der Waals surface area contributed by atoms with Gasteiger partial charge in [-0.15, -0.1) is 24.0 Å². The van der Waals surface area contributed by atoms with E-state index in [0.29, 0.717) is 19.1 Å². The third kappa shape index (κ3) is 4.87. The fraction of sp³-hybridized carbons (Fsp3) is 0.316. The van der Waals surface area contributed by atoms with Crippen molar-refractivity contribution in [2.75, 3.05) is 13.2 Å². The Kier molecular flexibility index (Phi) is 6.90. The van der Waals surface area contributed by atoms with Gasteiger partial charge >= 0.3 is 0 Å². The summed E-state index contributed by atoms with van der Waals surface area (Å²) in [6.07, 6.45) is 1.79. The molecule has 5 heteroatoms. The molecular weight excluding hydrogens is 413 g/mol. The van der Waals surface area contributed by atoms with Crippen LogP contribution in [-0.4, -0.2) is 19.1 Å². The lowest BCUT2D eigenvalue weighted by atomic mass is 10.0. The summed E-state index contributed by atoms with van der Waals surface area (Å²) in [4.78, 5) is 4.45. The van der Waals surface area contributed by atoms with Gasteiger partial charge in [-0.1, -0.05) is 48.0 Å². The second-order valence-electron chi connectivity index (χ2n) is 5.87. The highest BCUT2D eigenvalue weighted by atomic mass is 127. The molecule has 0 saturated heterocycles. The largest absolute Gasteiger partial charge is 0.493 e. The van der Waals surface area contributed by atoms with Crippen LogP contribution in [0, 0.1) is 6.92 Å². The number of benzene rings is 2. The van der Waals surface area contributed by atoms with Crippen LogP contribution in [0.15, 0.2) is 53.5 Å². The molecule has 0 spiro atoms. The first-order chi connectivity index (χ1) is 11.2. The van der Waals surface area contributed by atoms with E-state index >= 15 is 0 Å². The van der Waals surface area contributed by atoms with Crippen LogP contribution in [0.3, 0.4) is 0 Å². The normalized spacial score (nSPS) is 16.5. The summed E-state index contributed by atoms with van der Waals surface area (Å²) in [6, 6.07) is 16.8. The molecule has 0 aliphatic carbocycles. The van der Waals surface area contributed by atoms with Crippen LogP contribution < -0.4 is 15.8 Å². The van der Waals surface area contributed by atoms with E-state index in [1.807, 2.05) is 18.2 Å². The van der Waals surface area contributed by atoms with Crippen LogP contribution in [0.1, 0.15) is 29.2 Å². The predicted octanol–water partition coefficient (Wildman–Crippen LogP) is 3.58. The molecule has 0 aromatic heterocycles. The van der Waals surface area contributed by atoms with Crippen LogP contribution in [-0.2, 0) is 6.42 Å². The molecule has 3 rings (SSSR count). The van der Waals surface area contributed by atoms with Gasteiger partial charge in [0.25, 0.3) is 0 Å². The van der Waals surface area contributed by atoms with Gasteiger partial charge in [0.15, 0.2) is 5.96 Å². The molecule has 24 heavy (non-hydrogen) atoms. The van der Waals surface area contributed by atoms with E-state index in [-0.39, 0.29) is 30.0 Å². The lowest BCUT2D eigenvalue weighted by Gasteiger charge is -2.26. The molecule has 4 nitrogen and oxygen atoms in total. The van der Waals surface area contributed by atoms with Crippen LogP contribution in [0.4, 0.5) is 0 Å². The van der Waals surface area contributed by atoms with Gasteiger partial charge in [-0.25, -0.2) is 0 Å². The molecule has 1 aliphatic heterocycles. The number of guanidine groups is 1. The molecule has 2 aromatic carbocycles. The van der Waals surface area contributed by atoms with Crippen molar-refractivity contribution in [3.8, 4) is 5.75 Å². The lowest BCUT2D eigenvalue weighted by molar-refractivity contribution is 0.262. The van der Waals surface area contributed by atoms with Crippen LogP contribution in [0.5, 0.6) is 5.75 Å². The topological polar surface area (TPSA) is 59.6 Å². The molecule has 0 saturated carbocycles. The summed E-state index contributed by atoms with van der Waals surface area (Å²) >= 11 is 0. The van der Waals surface area contributed by atoms with Crippen LogP contribution in [0.25, 0.3) is 0 Å². The molecule has 1 atom stereocenters. The molecule has 128 valence electrons. The van der Waals surface area contributed by atoms with Crippen molar-refractivity contribution in [2.24, 2.45) is 10.7 Å². The van der Waals surface area contributed by atoms with Crippen molar-refractivity contribution in [1.29, 1.82) is 0 Å². The Labute approximate surface area is 160 Å². The second-order valence-corrected chi connectivity index (χ2v) is 5.87. The van der Waals surface area contributed by atoms with Crippen LogP contribution >= 0.6 is 24.0 Å². The maximum absolute atomic E-state index is 6.05. The Morgan fingerprint density at radius 3 is 2.75 bits per heavy atom. The van der Waals surface area contributed by atoms with Gasteiger partial charge in [0.2, 0.25) is 0 Å². The number of nitrogens with two attached hydrogens (primary N) is 1. The number of aliphatic imine (C=N–C) groups is 1. The quantitative estimate of drug-likeness (QED) is 0.437. The standard InChI is InChI=1S/C19H23N3O.HI/c1-14-6-8-15(9-7-14)10-12-21-19(20)22-17-11-13-23-18-5-3-2-4-16(17)18;/h2-9,17H,10-13H2,1H3,(H3,20,21,22);1H. The highest BCUT2D eigenvalue weighted by Crippen LogP contribution is 2.31. The molecule has 1 aliphatic rings. The van der Waals surface area contributed by atoms with Gasteiger partial charge < -0.3 is 15.8 Å². The molecule has 3 N–H and O–H groups in total. The summed E-state index contributed by atoms with van der Waals surface area (Å²) in [5, 5.41) is 3.32. The third-order valence-electron chi connectivity index (χ3n) is 4.08. The Hall–Kier alpha value is -1.76. The maximum atomic E-state index is 6.05. The first kappa shape index (κ1) is 18.6. The average molecular weight is 437 g/mol. The Bertz CT molecular complexity index is 685. The number of rotatable bonds is 4. The zero-order valence-corrected chi connectivity index (χ0v) is 16.2. The Morgan fingerprint density at radius 2 is 1.96 bits per heavy atom. The third-order valence-corrected chi connectivity index (χ3v) is 4.08. The molecule has 0 radical (unpaired) electrons. The highest BCUT2D eigenvalue weighted by Gasteiger charge is 2.21. The number of fused-ring (bicyclic) bond motifs is 1. The monoisotopic (exact) mass is 437 g/mol. The Balaban J connectivity index is 0.00000208. The van der Waals surface area contributed by atoms with Crippen molar-refractivity contribution in [2.45, 2.75) is 25.8 Å². The highest BCUT2D eigenvalue weighted by molar-refractivity contribution is 14.0. The minimum absolute atomic E-state index is 0. The number of nitrogens with one attached hydrogen (secondary N) is 1. The number of aryl methyl sites for hydroxylation is 1. The lowest BCUT2D eigenvalue weighted by Crippen LogP contribution is -2.37. The summed E-state index contributed by atoms with van der Waals surface area (Å²) in [6.45, 7) is 3.48. The number of nitrogens with zero attached hydrogens (tertiary/aromatic N) is 1. The minimum atomic E-state index is 0. The van der Waals surface area contributed by atoms with Crippen molar-refractivity contribution in [3.63, 3.8) is 0 Å². The van der Waals surface area contributed by atoms with Gasteiger partial charge in [-0.2, -0.15) is 0 Å². The molecule has 1 unspecified atom stereocenters.